The van der Waals surface area contributed by atoms with Gasteiger partial charge in [-0.3, -0.25) is 9.69 Å². The molecule has 0 radical (unpaired) electrons. The van der Waals surface area contributed by atoms with Gasteiger partial charge in [-0.15, -0.1) is 12.4 Å². The van der Waals surface area contributed by atoms with E-state index in [9.17, 15) is 4.79 Å². The number of benzene rings is 1. The Morgan fingerprint density at radius 1 is 1.36 bits per heavy atom. The molecule has 4 nitrogen and oxygen atoms in total. The molecule has 2 heterocycles. The number of carbonyl (C=O) groups is 1. The number of nitrogens with one attached hydrogen (secondary N) is 2. The minimum Gasteiger partial charge on any atom is -0.325 e. The van der Waals surface area contributed by atoms with Gasteiger partial charge in [-0.05, 0) is 50.8 Å². The summed E-state index contributed by atoms with van der Waals surface area (Å²) in [6.07, 6.45) is 2.42. The minimum atomic E-state index is 0. The zero-order valence-corrected chi connectivity index (χ0v) is 14.2. The van der Waals surface area contributed by atoms with Gasteiger partial charge in [0.05, 0.1) is 6.54 Å². The van der Waals surface area contributed by atoms with Crippen LogP contribution >= 0.6 is 12.4 Å². The molecule has 2 atom stereocenters. The number of piperidine rings is 1. The maximum Gasteiger partial charge on any atom is 0.238 e. The highest BCUT2D eigenvalue weighted by Gasteiger charge is 2.32. The molecule has 0 aromatic heterocycles. The monoisotopic (exact) mass is 323 g/mol. The minimum absolute atomic E-state index is 0. The number of rotatable bonds is 3. The van der Waals surface area contributed by atoms with E-state index in [-0.39, 0.29) is 18.3 Å². The summed E-state index contributed by atoms with van der Waals surface area (Å²) < 4.78 is 0. The zero-order valence-electron chi connectivity index (χ0n) is 13.4. The van der Waals surface area contributed by atoms with Gasteiger partial charge in [0.1, 0.15) is 0 Å². The second-order valence-electron chi connectivity index (χ2n) is 6.50. The summed E-state index contributed by atoms with van der Waals surface area (Å²) in [6, 6.07) is 6.82. The van der Waals surface area contributed by atoms with E-state index in [1.54, 1.807) is 0 Å². The summed E-state index contributed by atoms with van der Waals surface area (Å²) in [6.45, 7) is 7.83. The van der Waals surface area contributed by atoms with Gasteiger partial charge in [-0.2, -0.15) is 0 Å². The van der Waals surface area contributed by atoms with Crippen molar-refractivity contribution < 1.29 is 4.79 Å². The van der Waals surface area contributed by atoms with Crippen molar-refractivity contribution in [2.24, 2.45) is 5.92 Å². The zero-order chi connectivity index (χ0) is 14.8. The summed E-state index contributed by atoms with van der Waals surface area (Å²) in [5, 5.41) is 6.61. The van der Waals surface area contributed by atoms with E-state index in [1.807, 2.05) is 19.1 Å². The van der Waals surface area contributed by atoms with Crippen LogP contribution < -0.4 is 10.6 Å². The molecule has 122 valence electrons. The first-order valence-corrected chi connectivity index (χ1v) is 7.94. The topological polar surface area (TPSA) is 44.4 Å². The lowest BCUT2D eigenvalue weighted by Gasteiger charge is -2.34. The maximum atomic E-state index is 12.2. The smallest absolute Gasteiger partial charge is 0.238 e. The highest BCUT2D eigenvalue weighted by molar-refractivity contribution is 5.93. The summed E-state index contributed by atoms with van der Waals surface area (Å²) in [5.41, 5.74) is 3.28. The number of anilines is 1. The van der Waals surface area contributed by atoms with Crippen molar-refractivity contribution in [1.29, 1.82) is 0 Å². The Bertz CT molecular complexity index is 535. The number of hydrogen-bond donors (Lipinski definition) is 2. The Morgan fingerprint density at radius 2 is 2.18 bits per heavy atom. The van der Waals surface area contributed by atoms with E-state index in [0.29, 0.717) is 12.6 Å². The van der Waals surface area contributed by atoms with Crippen molar-refractivity contribution in [3.63, 3.8) is 0 Å². The molecule has 1 aromatic rings. The van der Waals surface area contributed by atoms with Gasteiger partial charge < -0.3 is 10.6 Å². The Balaban J connectivity index is 0.00000176. The fourth-order valence-electron chi connectivity index (χ4n) is 3.61. The van der Waals surface area contributed by atoms with Crippen molar-refractivity contribution >= 4 is 24.0 Å². The summed E-state index contributed by atoms with van der Waals surface area (Å²) in [7, 11) is 0. The molecule has 1 amide bonds. The van der Waals surface area contributed by atoms with Crippen LogP contribution in [0.15, 0.2) is 18.2 Å². The first-order valence-electron chi connectivity index (χ1n) is 7.94. The Morgan fingerprint density at radius 3 is 2.95 bits per heavy atom. The van der Waals surface area contributed by atoms with E-state index in [0.717, 1.165) is 36.8 Å². The summed E-state index contributed by atoms with van der Waals surface area (Å²) >= 11 is 0. The van der Waals surface area contributed by atoms with Crippen LogP contribution in [-0.4, -0.2) is 43.0 Å². The molecule has 5 heteroatoms. The molecular formula is C17H26ClN3O. The predicted molar refractivity (Wildman–Crippen MR) is 92.7 cm³/mol. The van der Waals surface area contributed by atoms with Gasteiger partial charge >= 0.3 is 0 Å². The number of aryl methyl sites for hydroxylation is 2. The normalized spacial score (nSPS) is 24.5. The molecular weight excluding hydrogens is 298 g/mol. The van der Waals surface area contributed by atoms with Crippen molar-refractivity contribution in [3.05, 3.63) is 29.3 Å². The van der Waals surface area contributed by atoms with Crippen molar-refractivity contribution in [2.75, 3.05) is 31.5 Å². The number of nitrogens with zero attached hydrogens (tertiary/aromatic N) is 1. The van der Waals surface area contributed by atoms with Crippen LogP contribution in [0.25, 0.3) is 0 Å². The van der Waals surface area contributed by atoms with Crippen LogP contribution in [0.5, 0.6) is 0 Å². The van der Waals surface area contributed by atoms with Crippen LogP contribution in [0, 0.1) is 19.8 Å². The number of hydrogen-bond acceptors (Lipinski definition) is 3. The standard InChI is InChI=1S/C17H25N3O.ClH/c1-12-3-4-15(13(2)9-12)19-17(21)11-20-8-6-16-14(10-20)5-7-18-16;/h3-4,9,14,16,18H,5-8,10-11H2,1-2H3,(H,19,21);1H. The van der Waals surface area contributed by atoms with Gasteiger partial charge in [-0.25, -0.2) is 0 Å². The molecule has 2 fully saturated rings. The van der Waals surface area contributed by atoms with Gasteiger partial charge in [0.25, 0.3) is 0 Å². The molecule has 3 rings (SSSR count). The van der Waals surface area contributed by atoms with E-state index in [1.165, 1.54) is 18.4 Å². The molecule has 0 saturated carbocycles. The van der Waals surface area contributed by atoms with Gasteiger partial charge in [0.15, 0.2) is 0 Å². The average Bonchev–Trinajstić information content (AvgIpc) is 2.89. The third-order valence-electron chi connectivity index (χ3n) is 4.76. The van der Waals surface area contributed by atoms with Gasteiger partial charge in [-0.1, -0.05) is 17.7 Å². The highest BCUT2D eigenvalue weighted by Crippen LogP contribution is 2.24. The van der Waals surface area contributed by atoms with E-state index >= 15 is 0 Å². The van der Waals surface area contributed by atoms with Crippen LogP contribution in [0.3, 0.4) is 0 Å². The first kappa shape index (κ1) is 17.3. The van der Waals surface area contributed by atoms with E-state index in [4.69, 9.17) is 0 Å². The quantitative estimate of drug-likeness (QED) is 0.897. The first-order chi connectivity index (χ1) is 10.1. The molecule has 2 N–H and O–H groups in total. The van der Waals surface area contributed by atoms with Crippen LogP contribution in [0.2, 0.25) is 0 Å². The second-order valence-corrected chi connectivity index (χ2v) is 6.50. The Hall–Kier alpha value is -1.10. The van der Waals surface area contributed by atoms with Crippen LogP contribution in [0.1, 0.15) is 24.0 Å². The third kappa shape index (κ3) is 4.00. The molecule has 22 heavy (non-hydrogen) atoms. The molecule has 1 aromatic carbocycles. The second kappa shape index (κ2) is 7.44. The lowest BCUT2D eigenvalue weighted by atomic mass is 9.93. The molecule has 0 bridgehead atoms. The third-order valence-corrected chi connectivity index (χ3v) is 4.76. The number of fused-ring (bicyclic) bond motifs is 1. The highest BCUT2D eigenvalue weighted by atomic mass is 35.5. The summed E-state index contributed by atoms with van der Waals surface area (Å²) in [5.74, 6) is 0.832. The number of likely N-dealkylation sites (tertiary alicyclic amines) is 1. The molecule has 0 aliphatic carbocycles. The number of carbonyl (C=O) groups excluding carboxylic acids is 1. The van der Waals surface area contributed by atoms with Gasteiger partial charge in [0.2, 0.25) is 5.91 Å². The van der Waals surface area contributed by atoms with E-state index in [2.05, 4.69) is 28.5 Å². The van der Waals surface area contributed by atoms with Gasteiger partial charge in [0, 0.05) is 24.8 Å². The maximum absolute atomic E-state index is 12.2. The predicted octanol–water partition coefficient (Wildman–Crippen LogP) is 2.35. The molecule has 2 saturated heterocycles. The number of amides is 1. The molecule has 2 aliphatic heterocycles. The van der Waals surface area contributed by atoms with Crippen molar-refractivity contribution in [1.82, 2.24) is 10.2 Å². The molecule has 2 unspecified atom stereocenters. The van der Waals surface area contributed by atoms with E-state index < -0.39 is 0 Å². The Kier molecular flexibility index (Phi) is 5.84. The number of halogens is 1. The fraction of sp³-hybridized carbons (Fsp3) is 0.588. The largest absolute Gasteiger partial charge is 0.325 e. The SMILES string of the molecule is Cc1ccc(NC(=O)CN2CCC3NCCC3C2)c(C)c1.Cl. The lowest BCUT2D eigenvalue weighted by molar-refractivity contribution is -0.117. The molecule has 0 spiro atoms. The van der Waals surface area contributed by atoms with Crippen LogP contribution in [0.4, 0.5) is 5.69 Å². The van der Waals surface area contributed by atoms with Crippen LogP contribution in [-0.2, 0) is 4.79 Å². The van der Waals surface area contributed by atoms with Crippen molar-refractivity contribution in [2.45, 2.75) is 32.7 Å². The van der Waals surface area contributed by atoms with Crippen molar-refractivity contribution in [3.8, 4) is 0 Å². The fourth-order valence-corrected chi connectivity index (χ4v) is 3.61. The Labute approximate surface area is 139 Å². The molecule has 2 aliphatic rings. The average molecular weight is 324 g/mol. The lowest BCUT2D eigenvalue weighted by Crippen LogP contribution is -2.46. The summed E-state index contributed by atoms with van der Waals surface area (Å²) in [4.78, 5) is 14.5.